The summed E-state index contributed by atoms with van der Waals surface area (Å²) in [4.78, 5) is 23.8. The Morgan fingerprint density at radius 3 is 2.29 bits per heavy atom. The lowest BCUT2D eigenvalue weighted by molar-refractivity contribution is -0.106. The number of amides is 2. The minimum absolute atomic E-state index is 0.0972. The number of hydrogen-bond donors (Lipinski definition) is 4. The second-order valence-electron chi connectivity index (χ2n) is 8.61. The summed E-state index contributed by atoms with van der Waals surface area (Å²) in [6.07, 6.45) is 2.95. The third-order valence-electron chi connectivity index (χ3n) is 5.93. The molecule has 0 saturated carbocycles. The number of primary amides is 1. The molecule has 2 aliphatic rings. The van der Waals surface area contributed by atoms with Crippen LogP contribution in [0.1, 0.15) is 53.2 Å². The van der Waals surface area contributed by atoms with E-state index < -0.39 is 14.2 Å². The van der Waals surface area contributed by atoms with Crippen molar-refractivity contribution in [1.82, 2.24) is 4.90 Å². The minimum Gasteiger partial charge on any atom is -0.423 e. The van der Waals surface area contributed by atoms with E-state index in [4.69, 9.17) is 19.8 Å². The van der Waals surface area contributed by atoms with Crippen molar-refractivity contribution >= 4 is 37.5 Å². The van der Waals surface area contributed by atoms with Gasteiger partial charge in [-0.05, 0) is 59.5 Å². The molecule has 6 N–H and O–H groups in total. The summed E-state index contributed by atoms with van der Waals surface area (Å²) in [6.45, 7) is 3.76. The predicted octanol–water partition coefficient (Wildman–Crippen LogP) is -0.617. The maximum absolute atomic E-state index is 13.4. The molecule has 2 aromatic carbocycles. The maximum Gasteiger partial charge on any atom is 0.491 e. The van der Waals surface area contributed by atoms with Crippen LogP contribution in [-0.2, 0) is 33.9 Å². The number of nitrogens with two attached hydrogens (primary N) is 2. The summed E-state index contributed by atoms with van der Waals surface area (Å²) in [5.74, 6) is -0.0972. The number of nitrogens with zero attached hydrogens (tertiary/aromatic N) is 1. The number of benzene rings is 2. The van der Waals surface area contributed by atoms with E-state index in [-0.39, 0.29) is 18.4 Å². The molecule has 0 fully saturated rings. The molecule has 9 nitrogen and oxygen atoms in total. The number of carbonyl (C=O) groups excluding carboxylic acids is 2. The van der Waals surface area contributed by atoms with E-state index in [9.17, 15) is 14.8 Å². The molecule has 0 bridgehead atoms. The van der Waals surface area contributed by atoms with E-state index in [1.54, 1.807) is 12.1 Å². The van der Waals surface area contributed by atoms with E-state index in [1.165, 1.54) is 0 Å². The summed E-state index contributed by atoms with van der Waals surface area (Å²) in [7, 11) is -1.90. The molecule has 1 atom stereocenters. The van der Waals surface area contributed by atoms with Gasteiger partial charge in [-0.25, -0.2) is 0 Å². The number of fused-ring (bicyclic) bond motifs is 2. The van der Waals surface area contributed by atoms with Crippen LogP contribution in [-0.4, -0.2) is 54.1 Å². The fourth-order valence-electron chi connectivity index (χ4n) is 4.13. The van der Waals surface area contributed by atoms with Crippen molar-refractivity contribution in [3.63, 3.8) is 0 Å². The Labute approximate surface area is 200 Å². The molecule has 4 rings (SSSR count). The molecule has 2 amide bonds. The second kappa shape index (κ2) is 12.1. The van der Waals surface area contributed by atoms with Crippen LogP contribution in [0.3, 0.4) is 0 Å². The van der Waals surface area contributed by atoms with Gasteiger partial charge in [0.15, 0.2) is 0 Å². The van der Waals surface area contributed by atoms with Crippen LogP contribution in [0.2, 0.25) is 0 Å². The Kier molecular flexibility index (Phi) is 9.26. The van der Waals surface area contributed by atoms with Crippen molar-refractivity contribution in [2.45, 2.75) is 52.0 Å². The van der Waals surface area contributed by atoms with Crippen LogP contribution in [0.4, 0.5) is 0 Å². The zero-order valence-corrected chi connectivity index (χ0v) is 19.4. The number of rotatable bonds is 8. The molecule has 0 saturated heterocycles. The van der Waals surface area contributed by atoms with Crippen LogP contribution >= 0.6 is 0 Å². The lowest BCUT2D eigenvalue weighted by Gasteiger charge is -2.24. The molecule has 1 unspecified atom stereocenters. The van der Waals surface area contributed by atoms with Crippen molar-refractivity contribution in [3.8, 4) is 0 Å². The van der Waals surface area contributed by atoms with Crippen molar-refractivity contribution < 1.29 is 28.9 Å². The third kappa shape index (κ3) is 6.46. The van der Waals surface area contributed by atoms with Gasteiger partial charge in [0.1, 0.15) is 0 Å². The molecule has 11 heteroatoms. The topological polar surface area (TPSA) is 148 Å². The van der Waals surface area contributed by atoms with Gasteiger partial charge in [-0.2, -0.15) is 0 Å². The van der Waals surface area contributed by atoms with Crippen LogP contribution < -0.4 is 22.4 Å². The van der Waals surface area contributed by atoms with E-state index in [0.717, 1.165) is 41.4 Å². The normalized spacial score (nSPS) is 14.7. The molecule has 0 radical (unpaired) electrons. The summed E-state index contributed by atoms with van der Waals surface area (Å²) in [6, 6.07) is 11.3. The van der Waals surface area contributed by atoms with Crippen LogP contribution in [0.5, 0.6) is 0 Å². The van der Waals surface area contributed by atoms with Crippen molar-refractivity contribution in [2.75, 3.05) is 6.54 Å². The second-order valence-corrected chi connectivity index (χ2v) is 8.61. The summed E-state index contributed by atoms with van der Waals surface area (Å²) in [5, 5.41) is 20.0. The van der Waals surface area contributed by atoms with Crippen molar-refractivity contribution in [2.24, 2.45) is 11.5 Å². The first-order chi connectivity index (χ1) is 16.3. The molecule has 2 aliphatic heterocycles. The Morgan fingerprint density at radius 1 is 1.09 bits per heavy atom. The average molecular weight is 467 g/mol. The Morgan fingerprint density at radius 2 is 1.68 bits per heavy atom. The molecule has 0 spiro atoms. The zero-order chi connectivity index (χ0) is 24.7. The van der Waals surface area contributed by atoms with Gasteiger partial charge in [-0.3, -0.25) is 9.59 Å². The van der Waals surface area contributed by atoms with E-state index in [2.05, 4.69) is 5.73 Å². The highest BCUT2D eigenvalue weighted by atomic mass is 16.5. The highest BCUT2D eigenvalue weighted by molar-refractivity contribution is 6.62. The van der Waals surface area contributed by atoms with E-state index >= 15 is 0 Å². The molecular formula is C23H31B2N3O6. The zero-order valence-electron chi connectivity index (χ0n) is 19.4. The fourth-order valence-corrected chi connectivity index (χ4v) is 4.13. The fraction of sp³-hybridized carbons (Fsp3) is 0.391. The monoisotopic (exact) mass is 467 g/mol. The highest BCUT2D eigenvalue weighted by Gasteiger charge is 2.30. The standard InChI is InChI=1S/C22H28B2N2O5.CH3NO/c1-15(25)4-2-3-9-26(12-16-5-6-18-13-30-23(28)20(18)10-16)22(27)17-7-8-19-14-31-24(29)21(19)11-17;2-1-3/h5-8,10-11,15,28-29H,2-4,9,12-14,25H2,1H3;1H,(H2,2,3). The van der Waals surface area contributed by atoms with Gasteiger partial charge in [0.25, 0.3) is 5.91 Å². The SMILES string of the molecule is CC(N)CCCCN(Cc1ccc2c(c1)B(O)OC2)C(=O)c1ccc2c(c1)B(O)OC2.NC=O. The third-order valence-corrected chi connectivity index (χ3v) is 5.93. The van der Waals surface area contributed by atoms with Gasteiger partial charge in [-0.15, -0.1) is 0 Å². The van der Waals surface area contributed by atoms with Gasteiger partial charge in [0, 0.05) is 24.7 Å². The maximum atomic E-state index is 13.4. The lowest BCUT2D eigenvalue weighted by atomic mass is 9.78. The molecular weight excluding hydrogens is 436 g/mol. The van der Waals surface area contributed by atoms with Crippen LogP contribution in [0.25, 0.3) is 0 Å². The minimum atomic E-state index is -0.986. The first-order valence-electron chi connectivity index (χ1n) is 11.4. The smallest absolute Gasteiger partial charge is 0.423 e. The molecule has 0 aliphatic carbocycles. The van der Waals surface area contributed by atoms with E-state index in [1.807, 2.05) is 36.1 Å². The largest absolute Gasteiger partial charge is 0.491 e. The quantitative estimate of drug-likeness (QED) is 0.230. The number of unbranched alkanes of at least 4 members (excludes halogenated alkanes) is 1. The van der Waals surface area contributed by atoms with Crippen molar-refractivity contribution in [1.29, 1.82) is 0 Å². The molecule has 180 valence electrons. The van der Waals surface area contributed by atoms with E-state index in [0.29, 0.717) is 37.3 Å². The summed E-state index contributed by atoms with van der Waals surface area (Å²) >= 11 is 0. The Balaban J connectivity index is 0.00000103. The summed E-state index contributed by atoms with van der Waals surface area (Å²) < 4.78 is 10.5. The van der Waals surface area contributed by atoms with Gasteiger partial charge in [-0.1, -0.05) is 30.7 Å². The Bertz CT molecular complexity index is 1010. The molecule has 2 heterocycles. The number of carbonyl (C=O) groups is 2. The average Bonchev–Trinajstić information content (AvgIpc) is 3.38. The van der Waals surface area contributed by atoms with Gasteiger partial charge in [0.2, 0.25) is 6.41 Å². The highest BCUT2D eigenvalue weighted by Crippen LogP contribution is 2.17. The Hall–Kier alpha value is -2.69. The van der Waals surface area contributed by atoms with Gasteiger partial charge < -0.3 is 35.7 Å². The predicted molar refractivity (Wildman–Crippen MR) is 130 cm³/mol. The molecule has 2 aromatic rings. The molecule has 0 aromatic heterocycles. The first kappa shape index (κ1) is 25.9. The lowest BCUT2D eigenvalue weighted by Crippen LogP contribution is -2.35. The first-order valence-corrected chi connectivity index (χ1v) is 11.4. The summed E-state index contributed by atoms with van der Waals surface area (Å²) in [5.41, 5.74) is 14.8. The number of hydrogen-bond acceptors (Lipinski definition) is 7. The molecule has 34 heavy (non-hydrogen) atoms. The van der Waals surface area contributed by atoms with Crippen molar-refractivity contribution in [3.05, 3.63) is 58.7 Å². The van der Waals surface area contributed by atoms with Gasteiger partial charge >= 0.3 is 14.2 Å². The van der Waals surface area contributed by atoms with Gasteiger partial charge in [0.05, 0.1) is 13.2 Å². The van der Waals surface area contributed by atoms with Crippen LogP contribution in [0, 0.1) is 0 Å². The van der Waals surface area contributed by atoms with Crippen LogP contribution in [0.15, 0.2) is 36.4 Å².